The molecule has 2 amide bonds. The number of hydrogen-bond donors (Lipinski definition) is 2. The molecular formula is C29H36F3N5O5. The number of nitrogens with zero attached hydrogens (tertiary/aromatic N) is 3. The number of nitrogens with one attached hydrogen (secondary N) is 2. The lowest BCUT2D eigenvalue weighted by atomic mass is 9.98. The summed E-state index contributed by atoms with van der Waals surface area (Å²) in [5.41, 5.74) is 0.255. The van der Waals surface area contributed by atoms with E-state index in [-0.39, 0.29) is 48.4 Å². The second kappa shape index (κ2) is 15.5. The molecule has 0 fully saturated rings. The number of pyridine rings is 2. The van der Waals surface area contributed by atoms with Crippen molar-refractivity contribution in [3.63, 3.8) is 0 Å². The van der Waals surface area contributed by atoms with E-state index in [4.69, 9.17) is 4.79 Å². The van der Waals surface area contributed by atoms with Gasteiger partial charge in [0.2, 0.25) is 11.8 Å². The number of amides is 2. The van der Waals surface area contributed by atoms with Gasteiger partial charge in [0, 0.05) is 38.6 Å². The predicted octanol–water partition coefficient (Wildman–Crippen LogP) is 4.53. The first-order valence-corrected chi connectivity index (χ1v) is 13.2. The molecule has 0 aliphatic heterocycles. The number of ether oxygens (including phenoxy) is 1. The average Bonchev–Trinajstić information content (AvgIpc) is 3.33. The summed E-state index contributed by atoms with van der Waals surface area (Å²) in [6, 6.07) is 4.74. The van der Waals surface area contributed by atoms with Gasteiger partial charge in [0.1, 0.15) is 5.69 Å². The maximum atomic E-state index is 13.6. The third-order valence-electron chi connectivity index (χ3n) is 5.94. The van der Waals surface area contributed by atoms with Crippen molar-refractivity contribution in [1.82, 2.24) is 19.4 Å². The van der Waals surface area contributed by atoms with E-state index < -0.39 is 17.3 Å². The number of anilines is 1. The molecule has 0 aliphatic carbocycles. The Balaban J connectivity index is 0.00000144. The molecule has 10 nitrogen and oxygen atoms in total. The van der Waals surface area contributed by atoms with Crippen molar-refractivity contribution in [1.29, 1.82) is 0 Å². The molecule has 0 radical (unpaired) electrons. The van der Waals surface area contributed by atoms with Crippen LogP contribution in [0.5, 0.6) is 0 Å². The Morgan fingerprint density at radius 3 is 2.55 bits per heavy atom. The minimum atomic E-state index is -4.53. The van der Waals surface area contributed by atoms with Crippen LogP contribution < -0.4 is 10.9 Å². The minimum absolute atomic E-state index is 0.00655. The zero-order chi connectivity index (χ0) is 31.4. The first-order valence-electron chi connectivity index (χ1n) is 13.2. The number of aromatic amines is 1. The quantitative estimate of drug-likeness (QED) is 0.192. The van der Waals surface area contributed by atoms with Crippen molar-refractivity contribution < 1.29 is 32.3 Å². The number of aromatic nitrogens is 3. The van der Waals surface area contributed by atoms with Crippen molar-refractivity contribution >= 4 is 35.0 Å². The van der Waals surface area contributed by atoms with E-state index in [0.717, 1.165) is 6.20 Å². The highest BCUT2D eigenvalue weighted by Gasteiger charge is 2.35. The van der Waals surface area contributed by atoms with Gasteiger partial charge in [-0.1, -0.05) is 19.9 Å². The summed E-state index contributed by atoms with van der Waals surface area (Å²) in [5, 5.41) is 2.62. The summed E-state index contributed by atoms with van der Waals surface area (Å²) >= 11 is 0. The molecule has 0 aromatic carbocycles. The van der Waals surface area contributed by atoms with Crippen LogP contribution in [-0.2, 0) is 38.3 Å². The number of rotatable bonds is 11. The van der Waals surface area contributed by atoms with E-state index in [1.165, 1.54) is 28.7 Å². The zero-order valence-corrected chi connectivity index (χ0v) is 24.2. The van der Waals surface area contributed by atoms with E-state index in [1.807, 2.05) is 13.8 Å². The molecule has 0 saturated heterocycles. The van der Waals surface area contributed by atoms with Crippen LogP contribution in [-0.4, -0.2) is 58.9 Å². The molecule has 0 unspecified atom stereocenters. The van der Waals surface area contributed by atoms with Gasteiger partial charge in [0.05, 0.1) is 30.3 Å². The molecule has 3 aromatic rings. The Morgan fingerprint density at radius 1 is 1.26 bits per heavy atom. The van der Waals surface area contributed by atoms with Crippen molar-refractivity contribution in [2.75, 3.05) is 26.5 Å². The molecule has 3 heterocycles. The van der Waals surface area contributed by atoms with Crippen LogP contribution in [0.4, 0.5) is 18.9 Å². The monoisotopic (exact) mass is 591 g/mol. The summed E-state index contributed by atoms with van der Waals surface area (Å²) in [7, 11) is 4.61. The first-order chi connectivity index (χ1) is 19.8. The molecule has 2 N–H and O–H groups in total. The number of carbonyl (C=O) groups excluding carboxylic acids is 3. The Labute approximate surface area is 241 Å². The Kier molecular flexibility index (Phi) is 12.5. The van der Waals surface area contributed by atoms with E-state index in [0.29, 0.717) is 36.0 Å². The Morgan fingerprint density at radius 2 is 1.95 bits per heavy atom. The SMILES string of the molecule is CC(C)Cc1c(C(F)(F)F)cnc2cc(Cn3cccc(NC(=O)CCC/C=C/C(=O)N(C)C)c3=O)[nH]c12.COC=O. The predicted molar refractivity (Wildman–Crippen MR) is 153 cm³/mol. The number of unbranched alkanes of at least 4 members (excludes halogenated alkanes) is 1. The zero-order valence-electron chi connectivity index (χ0n) is 24.2. The van der Waals surface area contributed by atoms with Gasteiger partial charge >= 0.3 is 6.18 Å². The van der Waals surface area contributed by atoms with Crippen molar-refractivity contribution in [3.8, 4) is 0 Å². The molecule has 13 heteroatoms. The lowest BCUT2D eigenvalue weighted by Crippen LogP contribution is -2.25. The maximum absolute atomic E-state index is 13.6. The second-order valence-electron chi connectivity index (χ2n) is 10.1. The summed E-state index contributed by atoms with van der Waals surface area (Å²) in [6.07, 6.45) is 2.45. The molecule has 3 rings (SSSR count). The van der Waals surface area contributed by atoms with Crippen molar-refractivity contribution in [3.05, 3.63) is 69.9 Å². The van der Waals surface area contributed by atoms with Gasteiger partial charge in [0.15, 0.2) is 0 Å². The molecule has 42 heavy (non-hydrogen) atoms. The third-order valence-corrected chi connectivity index (χ3v) is 5.94. The van der Waals surface area contributed by atoms with Crippen LogP contribution in [0.25, 0.3) is 11.0 Å². The van der Waals surface area contributed by atoms with Crippen molar-refractivity contribution in [2.24, 2.45) is 5.92 Å². The molecule has 0 spiro atoms. The third kappa shape index (κ3) is 9.89. The molecule has 0 saturated carbocycles. The number of H-pyrrole nitrogens is 1. The van der Waals surface area contributed by atoms with Crippen LogP contribution in [0.15, 0.2) is 47.5 Å². The van der Waals surface area contributed by atoms with Gasteiger partial charge in [-0.3, -0.25) is 24.2 Å². The van der Waals surface area contributed by atoms with Gasteiger partial charge in [-0.2, -0.15) is 13.2 Å². The number of fused-ring (bicyclic) bond motifs is 1. The van der Waals surface area contributed by atoms with Gasteiger partial charge in [-0.05, 0) is 55.0 Å². The maximum Gasteiger partial charge on any atom is 0.418 e. The first kappa shape index (κ1) is 33.8. The summed E-state index contributed by atoms with van der Waals surface area (Å²) in [5.74, 6) is -0.477. The molecule has 0 bridgehead atoms. The lowest BCUT2D eigenvalue weighted by Gasteiger charge is -2.15. The largest absolute Gasteiger partial charge is 0.471 e. The fraction of sp³-hybridized carbons (Fsp3) is 0.414. The topological polar surface area (TPSA) is 126 Å². The second-order valence-corrected chi connectivity index (χ2v) is 10.1. The fourth-order valence-corrected chi connectivity index (χ4v) is 3.99. The summed E-state index contributed by atoms with van der Waals surface area (Å²) < 4.78 is 46.0. The highest BCUT2D eigenvalue weighted by molar-refractivity contribution is 5.90. The molecule has 0 aliphatic rings. The number of allylic oxidation sites excluding steroid dienone is 1. The van der Waals surface area contributed by atoms with E-state index >= 15 is 0 Å². The van der Waals surface area contributed by atoms with Gasteiger partial charge in [0.25, 0.3) is 12.0 Å². The van der Waals surface area contributed by atoms with Gasteiger partial charge in [-0.15, -0.1) is 0 Å². The highest BCUT2D eigenvalue weighted by Crippen LogP contribution is 2.35. The number of halogens is 3. The van der Waals surface area contributed by atoms with Gasteiger partial charge < -0.3 is 24.5 Å². The van der Waals surface area contributed by atoms with Crippen LogP contribution in [0, 0.1) is 5.92 Å². The fourth-order valence-electron chi connectivity index (χ4n) is 3.99. The number of alkyl halides is 3. The van der Waals surface area contributed by atoms with Gasteiger partial charge in [-0.25, -0.2) is 0 Å². The van der Waals surface area contributed by atoms with E-state index in [9.17, 15) is 27.6 Å². The summed E-state index contributed by atoms with van der Waals surface area (Å²) in [4.78, 5) is 54.2. The minimum Gasteiger partial charge on any atom is -0.471 e. The van der Waals surface area contributed by atoms with Crippen LogP contribution in [0.3, 0.4) is 0 Å². The summed E-state index contributed by atoms with van der Waals surface area (Å²) in [6.45, 7) is 4.13. The van der Waals surface area contributed by atoms with E-state index in [1.54, 1.807) is 38.5 Å². The number of methoxy groups -OCH3 is 1. The smallest absolute Gasteiger partial charge is 0.418 e. The lowest BCUT2D eigenvalue weighted by molar-refractivity contribution is -0.138. The molecular weight excluding hydrogens is 555 g/mol. The number of carbonyl (C=O) groups is 3. The Bertz CT molecular complexity index is 1460. The Hall–Kier alpha value is -4.42. The average molecular weight is 592 g/mol. The normalized spacial score (nSPS) is 11.4. The van der Waals surface area contributed by atoms with Crippen LogP contribution in [0.1, 0.15) is 49.9 Å². The highest BCUT2D eigenvalue weighted by atomic mass is 19.4. The van der Waals surface area contributed by atoms with Crippen molar-refractivity contribution in [2.45, 2.75) is 52.3 Å². The van der Waals surface area contributed by atoms with E-state index in [2.05, 4.69) is 20.0 Å². The number of likely N-dealkylation sites (N-methyl/N-ethyl adjacent to an activating group) is 1. The molecule has 3 aromatic heterocycles. The number of hydrogen-bond acceptors (Lipinski definition) is 6. The molecule has 0 atom stereocenters. The standard InChI is InChI=1S/C27H32F3N5O3.C2H4O2/c1-17(2)13-19-20(27(28,29)30)15-31-22-14-18(32-25(19)22)16-35-12-8-9-21(26(35)38)33-23(36)10-6-5-7-11-24(37)34(3)4;1-4-2-3/h7-9,11-12,14-15,17,32H,5-6,10,13,16H2,1-4H3,(H,33,36);2H,1H3/b11-7+;. The van der Waals surface area contributed by atoms with Crippen LogP contribution in [0.2, 0.25) is 0 Å². The van der Waals surface area contributed by atoms with Crippen LogP contribution >= 0.6 is 0 Å². The molecule has 228 valence electrons.